The highest BCUT2D eigenvalue weighted by molar-refractivity contribution is 7.45. The predicted molar refractivity (Wildman–Crippen MR) is 208 cm³/mol. The molecule has 0 heterocycles. The van der Waals surface area contributed by atoms with E-state index >= 15 is 0 Å². The van der Waals surface area contributed by atoms with E-state index in [9.17, 15) is 19.0 Å². The van der Waals surface area contributed by atoms with Crippen LogP contribution in [-0.2, 0) is 32.7 Å². The quantitative estimate of drug-likeness (QED) is 0.0202. The van der Waals surface area contributed by atoms with E-state index in [-0.39, 0.29) is 32.0 Å². The zero-order valence-corrected chi connectivity index (χ0v) is 34.7. The van der Waals surface area contributed by atoms with Crippen molar-refractivity contribution in [3.05, 3.63) is 12.2 Å². The summed E-state index contributed by atoms with van der Waals surface area (Å²) < 4.78 is 33.8. The van der Waals surface area contributed by atoms with Crippen LogP contribution in [0.1, 0.15) is 187 Å². The largest absolute Gasteiger partial charge is 0.756 e. The van der Waals surface area contributed by atoms with Crippen LogP contribution in [0, 0.1) is 0 Å². The summed E-state index contributed by atoms with van der Waals surface area (Å²) in [4.78, 5) is 37.4. The monoisotopic (exact) mass is 746 g/mol. The molecule has 2 unspecified atom stereocenters. The molecule has 302 valence electrons. The van der Waals surface area contributed by atoms with Crippen LogP contribution in [-0.4, -0.2) is 70.0 Å². The van der Waals surface area contributed by atoms with Gasteiger partial charge in [0, 0.05) is 12.8 Å². The van der Waals surface area contributed by atoms with Crippen molar-refractivity contribution in [1.29, 1.82) is 0 Å². The van der Waals surface area contributed by atoms with Crippen LogP contribution in [0.5, 0.6) is 0 Å². The SMILES string of the molecule is CCC/C=C\CCCCCCCC(=O)OC(COC(=O)CCCCCCCCCCCCCCCCCCC)COP(=O)([O-])OCC[N+](C)(C)C. The Morgan fingerprint density at radius 3 is 1.53 bits per heavy atom. The third-order valence-electron chi connectivity index (χ3n) is 9.02. The first kappa shape index (κ1) is 49.8. The van der Waals surface area contributed by atoms with Gasteiger partial charge in [0.05, 0.1) is 27.7 Å². The Hall–Kier alpha value is -1.25. The van der Waals surface area contributed by atoms with Crippen LogP contribution in [0.25, 0.3) is 0 Å². The molecule has 0 rings (SSSR count). The minimum atomic E-state index is -4.61. The number of quaternary nitrogens is 1. The number of hydrogen-bond acceptors (Lipinski definition) is 8. The highest BCUT2D eigenvalue weighted by atomic mass is 31.2. The van der Waals surface area contributed by atoms with Gasteiger partial charge >= 0.3 is 11.9 Å². The second kappa shape index (κ2) is 34.5. The molecule has 0 saturated heterocycles. The lowest BCUT2D eigenvalue weighted by Crippen LogP contribution is -2.37. The van der Waals surface area contributed by atoms with E-state index in [2.05, 4.69) is 26.0 Å². The number of ether oxygens (including phenoxy) is 2. The zero-order valence-electron chi connectivity index (χ0n) is 33.8. The molecule has 0 fully saturated rings. The standard InChI is InChI=1S/C41H80NO8P/c1-6-8-10-12-14-16-18-19-20-21-22-23-24-26-27-29-31-33-40(43)47-37-39(38-49-51(45,46)48-36-35-42(3,4)5)50-41(44)34-32-30-28-25-17-15-13-11-9-7-2/h11,13,39H,6-10,12,14-38H2,1-5H3/b13-11-. The molecule has 0 amide bonds. The van der Waals surface area contributed by atoms with Crippen molar-refractivity contribution in [2.24, 2.45) is 0 Å². The average molecular weight is 746 g/mol. The first-order valence-electron chi connectivity index (χ1n) is 20.9. The molecule has 10 heteroatoms. The van der Waals surface area contributed by atoms with Gasteiger partial charge in [-0.05, 0) is 32.1 Å². The second-order valence-electron chi connectivity index (χ2n) is 15.4. The Morgan fingerprint density at radius 2 is 1.04 bits per heavy atom. The van der Waals surface area contributed by atoms with Gasteiger partial charge in [0.2, 0.25) is 0 Å². The number of carbonyl (C=O) groups excluding carboxylic acids is 2. The number of carbonyl (C=O) groups is 2. The van der Waals surface area contributed by atoms with Crippen LogP contribution in [0.15, 0.2) is 12.2 Å². The normalized spacial score (nSPS) is 13.8. The molecule has 0 aliphatic carbocycles. The summed E-state index contributed by atoms with van der Waals surface area (Å²) in [6.07, 6.45) is 33.9. The number of phosphoric ester groups is 1. The fourth-order valence-electron chi connectivity index (χ4n) is 5.72. The van der Waals surface area contributed by atoms with E-state index in [0.717, 1.165) is 57.8 Å². The number of rotatable bonds is 38. The number of hydrogen-bond donors (Lipinski definition) is 0. The molecule has 0 aromatic heterocycles. The van der Waals surface area contributed by atoms with Crippen molar-refractivity contribution >= 4 is 19.8 Å². The minimum absolute atomic E-state index is 0.0297. The maximum Gasteiger partial charge on any atom is 0.306 e. The molecule has 0 aromatic carbocycles. The van der Waals surface area contributed by atoms with E-state index in [4.69, 9.17) is 18.5 Å². The topological polar surface area (TPSA) is 111 Å². The molecule has 9 nitrogen and oxygen atoms in total. The summed E-state index contributed by atoms with van der Waals surface area (Å²) in [5.74, 6) is -0.840. The van der Waals surface area contributed by atoms with Gasteiger partial charge in [-0.3, -0.25) is 14.2 Å². The Kier molecular flexibility index (Phi) is 33.7. The molecule has 0 aliphatic rings. The molecule has 0 bridgehead atoms. The Labute approximate surface area is 314 Å². The predicted octanol–water partition coefficient (Wildman–Crippen LogP) is 10.8. The lowest BCUT2D eigenvalue weighted by Gasteiger charge is -2.28. The molecule has 0 N–H and O–H groups in total. The second-order valence-corrected chi connectivity index (χ2v) is 16.8. The number of likely N-dealkylation sites (N-methyl/N-ethyl adjacent to an activating group) is 1. The van der Waals surface area contributed by atoms with E-state index < -0.39 is 26.5 Å². The van der Waals surface area contributed by atoms with Crippen LogP contribution < -0.4 is 4.89 Å². The molecule has 0 aromatic rings. The van der Waals surface area contributed by atoms with Gasteiger partial charge in [-0.1, -0.05) is 154 Å². The lowest BCUT2D eigenvalue weighted by atomic mass is 10.0. The number of nitrogens with zero attached hydrogens (tertiary/aromatic N) is 1. The van der Waals surface area contributed by atoms with Gasteiger partial charge in [-0.25, -0.2) is 0 Å². The molecule has 0 spiro atoms. The Bertz CT molecular complexity index is 891. The van der Waals surface area contributed by atoms with Crippen molar-refractivity contribution in [3.63, 3.8) is 0 Å². The lowest BCUT2D eigenvalue weighted by molar-refractivity contribution is -0.870. The summed E-state index contributed by atoms with van der Waals surface area (Å²) in [5.41, 5.74) is 0. The molecule has 2 atom stereocenters. The Morgan fingerprint density at radius 1 is 0.588 bits per heavy atom. The molecular weight excluding hydrogens is 665 g/mol. The molecular formula is C41H80NO8P. The van der Waals surface area contributed by atoms with Crippen molar-refractivity contribution in [3.8, 4) is 0 Å². The molecule has 51 heavy (non-hydrogen) atoms. The van der Waals surface area contributed by atoms with Gasteiger partial charge in [0.25, 0.3) is 7.82 Å². The summed E-state index contributed by atoms with van der Waals surface area (Å²) in [6, 6.07) is 0. The number of phosphoric acid groups is 1. The van der Waals surface area contributed by atoms with Crippen molar-refractivity contribution < 1.29 is 42.1 Å². The summed E-state index contributed by atoms with van der Waals surface area (Å²) in [6.45, 7) is 4.16. The van der Waals surface area contributed by atoms with Gasteiger partial charge in [0.1, 0.15) is 19.8 Å². The maximum atomic E-state index is 12.6. The third kappa shape index (κ3) is 38.3. The van der Waals surface area contributed by atoms with E-state index in [0.29, 0.717) is 17.4 Å². The third-order valence-corrected chi connectivity index (χ3v) is 9.98. The molecule has 0 saturated carbocycles. The first-order valence-corrected chi connectivity index (χ1v) is 22.4. The van der Waals surface area contributed by atoms with E-state index in [1.54, 1.807) is 0 Å². The van der Waals surface area contributed by atoms with Crippen molar-refractivity contribution in [1.82, 2.24) is 0 Å². The average Bonchev–Trinajstić information content (AvgIpc) is 3.07. The van der Waals surface area contributed by atoms with Crippen LogP contribution in [0.2, 0.25) is 0 Å². The van der Waals surface area contributed by atoms with Gasteiger partial charge in [0.15, 0.2) is 6.10 Å². The maximum absolute atomic E-state index is 12.6. The van der Waals surface area contributed by atoms with Gasteiger partial charge in [-0.2, -0.15) is 0 Å². The summed E-state index contributed by atoms with van der Waals surface area (Å²) in [7, 11) is 1.17. The molecule has 0 radical (unpaired) electrons. The van der Waals surface area contributed by atoms with Crippen molar-refractivity contribution in [2.75, 3.05) is 47.5 Å². The van der Waals surface area contributed by atoms with Crippen LogP contribution in [0.4, 0.5) is 0 Å². The number of allylic oxidation sites excluding steroid dienone is 2. The number of esters is 2. The zero-order chi connectivity index (χ0) is 37.9. The van der Waals surface area contributed by atoms with E-state index in [1.165, 1.54) is 96.3 Å². The minimum Gasteiger partial charge on any atom is -0.756 e. The van der Waals surface area contributed by atoms with Crippen molar-refractivity contribution in [2.45, 2.75) is 193 Å². The fraction of sp³-hybridized carbons (Fsp3) is 0.902. The number of unbranched alkanes of at least 4 members (excludes halogenated alkanes) is 22. The van der Waals surface area contributed by atoms with Gasteiger partial charge < -0.3 is 27.9 Å². The summed E-state index contributed by atoms with van der Waals surface area (Å²) in [5, 5.41) is 0. The Balaban J connectivity index is 4.30. The van der Waals surface area contributed by atoms with Crippen LogP contribution in [0.3, 0.4) is 0 Å². The van der Waals surface area contributed by atoms with Gasteiger partial charge in [-0.15, -0.1) is 0 Å². The highest BCUT2D eigenvalue weighted by Gasteiger charge is 2.21. The highest BCUT2D eigenvalue weighted by Crippen LogP contribution is 2.38. The van der Waals surface area contributed by atoms with Crippen LogP contribution >= 0.6 is 7.82 Å². The van der Waals surface area contributed by atoms with E-state index in [1.807, 2.05) is 21.1 Å². The molecule has 0 aliphatic heterocycles. The summed E-state index contributed by atoms with van der Waals surface area (Å²) >= 11 is 0. The first-order chi connectivity index (χ1) is 24.5. The smallest absolute Gasteiger partial charge is 0.306 e. The fourth-order valence-corrected chi connectivity index (χ4v) is 6.44.